The molecule has 30 heavy (non-hydrogen) atoms. The van der Waals surface area contributed by atoms with Crippen LogP contribution in [0.4, 0.5) is 13.2 Å². The van der Waals surface area contributed by atoms with Gasteiger partial charge in [0.2, 0.25) is 5.91 Å². The minimum Gasteiger partial charge on any atom is -0.484 e. The quantitative estimate of drug-likeness (QED) is 0.321. The van der Waals surface area contributed by atoms with E-state index in [1.807, 2.05) is 6.07 Å². The number of nitrogens with one attached hydrogen (secondary N) is 3. The monoisotopic (exact) mass is 428 g/mol. The number of carbonyl (C=O) groups is 1. The molecule has 0 bridgehead atoms. The smallest absolute Gasteiger partial charge is 0.422 e. The molecule has 2 rings (SSSR count). The lowest BCUT2D eigenvalue weighted by atomic mass is 10.0. The number of nitrogens with zero attached hydrogens (tertiary/aromatic N) is 1. The van der Waals surface area contributed by atoms with Crippen LogP contribution >= 0.6 is 0 Å². The highest BCUT2D eigenvalue weighted by Crippen LogP contribution is 2.27. The standard InChI is InChI=1S/C21H31F3N4O2/c1-15-7-8-17(18(11-15)30-14-21(22,23)24)13-28-20(25-2)27-10-9-26-19(29)12-16-5-3-4-6-16/h7-8,11,16H,3-6,9-10,12-14H2,1-2H3,(H,26,29)(H2,25,27,28). The third kappa shape index (κ3) is 8.92. The van der Waals surface area contributed by atoms with Gasteiger partial charge in [-0.3, -0.25) is 9.79 Å². The predicted molar refractivity (Wildman–Crippen MR) is 111 cm³/mol. The highest BCUT2D eigenvalue weighted by Gasteiger charge is 2.28. The molecule has 1 aromatic carbocycles. The van der Waals surface area contributed by atoms with Gasteiger partial charge >= 0.3 is 6.18 Å². The van der Waals surface area contributed by atoms with E-state index in [4.69, 9.17) is 4.74 Å². The Bertz CT molecular complexity index is 717. The van der Waals surface area contributed by atoms with Crippen LogP contribution in [-0.4, -0.2) is 44.8 Å². The van der Waals surface area contributed by atoms with Gasteiger partial charge in [0.05, 0.1) is 0 Å². The molecule has 1 saturated carbocycles. The number of aryl methyl sites for hydroxylation is 1. The Balaban J connectivity index is 1.75. The van der Waals surface area contributed by atoms with E-state index >= 15 is 0 Å². The van der Waals surface area contributed by atoms with Crippen molar-refractivity contribution in [1.29, 1.82) is 0 Å². The van der Waals surface area contributed by atoms with Crippen LogP contribution in [0.3, 0.4) is 0 Å². The van der Waals surface area contributed by atoms with E-state index in [1.165, 1.54) is 12.8 Å². The van der Waals surface area contributed by atoms with Gasteiger partial charge in [-0.05, 0) is 37.3 Å². The third-order valence-corrected chi connectivity index (χ3v) is 4.97. The zero-order valence-electron chi connectivity index (χ0n) is 17.6. The molecule has 1 aliphatic rings. The molecule has 1 fully saturated rings. The number of rotatable bonds is 9. The van der Waals surface area contributed by atoms with Crippen molar-refractivity contribution in [2.75, 3.05) is 26.7 Å². The first-order valence-corrected chi connectivity index (χ1v) is 10.3. The second-order valence-corrected chi connectivity index (χ2v) is 7.57. The molecule has 9 heteroatoms. The zero-order valence-corrected chi connectivity index (χ0v) is 17.6. The van der Waals surface area contributed by atoms with E-state index in [-0.39, 0.29) is 18.2 Å². The van der Waals surface area contributed by atoms with Gasteiger partial charge in [0, 0.05) is 38.7 Å². The highest BCUT2D eigenvalue weighted by molar-refractivity contribution is 5.80. The van der Waals surface area contributed by atoms with Gasteiger partial charge in [-0.2, -0.15) is 13.2 Å². The minimum atomic E-state index is -4.39. The van der Waals surface area contributed by atoms with Crippen molar-refractivity contribution in [2.45, 2.75) is 51.7 Å². The SMILES string of the molecule is CN=C(NCCNC(=O)CC1CCCC1)NCc1ccc(C)cc1OCC(F)(F)F. The van der Waals surface area contributed by atoms with Crippen molar-refractivity contribution in [1.82, 2.24) is 16.0 Å². The second-order valence-electron chi connectivity index (χ2n) is 7.57. The molecule has 6 nitrogen and oxygen atoms in total. The summed E-state index contributed by atoms with van der Waals surface area (Å²) in [6.07, 6.45) is 0.887. The van der Waals surface area contributed by atoms with Crippen molar-refractivity contribution >= 4 is 11.9 Å². The molecule has 1 aromatic rings. The molecule has 0 radical (unpaired) electrons. The number of hydrogen-bond acceptors (Lipinski definition) is 3. The lowest BCUT2D eigenvalue weighted by Crippen LogP contribution is -2.41. The van der Waals surface area contributed by atoms with Crippen molar-refractivity contribution in [3.05, 3.63) is 29.3 Å². The number of ether oxygens (including phenoxy) is 1. The number of halogens is 3. The summed E-state index contributed by atoms with van der Waals surface area (Å²) >= 11 is 0. The lowest BCUT2D eigenvalue weighted by Gasteiger charge is -2.16. The molecular formula is C21H31F3N4O2. The molecule has 0 aliphatic heterocycles. The van der Waals surface area contributed by atoms with Gasteiger partial charge in [0.1, 0.15) is 5.75 Å². The Morgan fingerprint density at radius 3 is 2.53 bits per heavy atom. The van der Waals surface area contributed by atoms with Gasteiger partial charge in [0.25, 0.3) is 0 Å². The zero-order chi connectivity index (χ0) is 22.0. The number of alkyl halides is 3. The Kier molecular flexibility index (Phi) is 9.26. The van der Waals surface area contributed by atoms with Crippen LogP contribution in [0.15, 0.2) is 23.2 Å². The summed E-state index contributed by atoms with van der Waals surface area (Å²) in [5.74, 6) is 1.25. The van der Waals surface area contributed by atoms with Crippen LogP contribution in [-0.2, 0) is 11.3 Å². The van der Waals surface area contributed by atoms with Gasteiger partial charge < -0.3 is 20.7 Å². The summed E-state index contributed by atoms with van der Waals surface area (Å²) in [5.41, 5.74) is 1.41. The molecule has 0 spiro atoms. The van der Waals surface area contributed by atoms with E-state index in [1.54, 1.807) is 26.1 Å². The van der Waals surface area contributed by atoms with Crippen LogP contribution in [0, 0.1) is 12.8 Å². The first kappa shape index (κ1) is 23.8. The van der Waals surface area contributed by atoms with Crippen LogP contribution in [0.1, 0.15) is 43.2 Å². The third-order valence-electron chi connectivity index (χ3n) is 4.97. The maximum atomic E-state index is 12.5. The second kappa shape index (κ2) is 11.7. The van der Waals surface area contributed by atoms with Crippen molar-refractivity contribution < 1.29 is 22.7 Å². The van der Waals surface area contributed by atoms with E-state index < -0.39 is 12.8 Å². The van der Waals surface area contributed by atoms with E-state index in [0.29, 0.717) is 37.0 Å². The molecule has 3 N–H and O–H groups in total. The van der Waals surface area contributed by atoms with Gasteiger partial charge in [-0.1, -0.05) is 25.0 Å². The first-order valence-electron chi connectivity index (χ1n) is 10.3. The fourth-order valence-corrected chi connectivity index (χ4v) is 3.43. The summed E-state index contributed by atoms with van der Waals surface area (Å²) in [4.78, 5) is 16.0. The number of hydrogen-bond donors (Lipinski definition) is 3. The number of amides is 1. The van der Waals surface area contributed by atoms with Crippen LogP contribution in [0.5, 0.6) is 5.75 Å². The topological polar surface area (TPSA) is 74.8 Å². The molecule has 0 aromatic heterocycles. The molecule has 1 aliphatic carbocycles. The number of guanidine groups is 1. The summed E-state index contributed by atoms with van der Waals surface area (Å²) in [6, 6.07) is 5.12. The number of aliphatic imine (C=N–C) groups is 1. The fourth-order valence-electron chi connectivity index (χ4n) is 3.43. The Morgan fingerprint density at radius 1 is 1.17 bits per heavy atom. The van der Waals surface area contributed by atoms with Crippen molar-refractivity contribution in [3.8, 4) is 5.75 Å². The lowest BCUT2D eigenvalue weighted by molar-refractivity contribution is -0.153. The molecule has 0 heterocycles. The normalized spacial score (nSPS) is 15.2. The largest absolute Gasteiger partial charge is 0.484 e. The number of benzene rings is 1. The highest BCUT2D eigenvalue weighted by atomic mass is 19.4. The maximum absolute atomic E-state index is 12.5. The Hall–Kier alpha value is -2.45. The van der Waals surface area contributed by atoms with Gasteiger partial charge in [0.15, 0.2) is 12.6 Å². The Morgan fingerprint density at radius 2 is 1.87 bits per heavy atom. The summed E-state index contributed by atoms with van der Waals surface area (Å²) in [5, 5.41) is 9.03. The van der Waals surface area contributed by atoms with Crippen molar-refractivity contribution in [3.63, 3.8) is 0 Å². The van der Waals surface area contributed by atoms with Gasteiger partial charge in [-0.25, -0.2) is 0 Å². The van der Waals surface area contributed by atoms with Crippen LogP contribution < -0.4 is 20.7 Å². The molecule has 1 amide bonds. The fraction of sp³-hybridized carbons (Fsp3) is 0.619. The van der Waals surface area contributed by atoms with E-state index in [2.05, 4.69) is 20.9 Å². The first-order chi connectivity index (χ1) is 14.3. The van der Waals surface area contributed by atoms with Gasteiger partial charge in [-0.15, -0.1) is 0 Å². The molecule has 0 atom stereocenters. The average Bonchev–Trinajstić information content (AvgIpc) is 3.19. The summed E-state index contributed by atoms with van der Waals surface area (Å²) in [6.45, 7) is 1.66. The van der Waals surface area contributed by atoms with E-state index in [0.717, 1.165) is 18.4 Å². The number of carbonyl (C=O) groups excluding carboxylic acids is 1. The summed E-state index contributed by atoms with van der Waals surface area (Å²) < 4.78 is 42.4. The van der Waals surface area contributed by atoms with Crippen LogP contribution in [0.25, 0.3) is 0 Å². The van der Waals surface area contributed by atoms with Crippen LogP contribution in [0.2, 0.25) is 0 Å². The molecular weight excluding hydrogens is 397 g/mol. The average molecular weight is 428 g/mol. The Labute approximate surface area is 175 Å². The predicted octanol–water partition coefficient (Wildman–Crippen LogP) is 3.30. The molecule has 0 saturated heterocycles. The van der Waals surface area contributed by atoms with Crippen molar-refractivity contribution in [2.24, 2.45) is 10.9 Å². The molecule has 0 unspecified atom stereocenters. The van der Waals surface area contributed by atoms with E-state index in [9.17, 15) is 18.0 Å². The minimum absolute atomic E-state index is 0.0674. The molecule has 168 valence electrons. The maximum Gasteiger partial charge on any atom is 0.422 e. The summed E-state index contributed by atoms with van der Waals surface area (Å²) in [7, 11) is 1.60.